The first-order valence-electron chi connectivity index (χ1n) is 8.10. The van der Waals surface area contributed by atoms with Gasteiger partial charge in [0.25, 0.3) is 5.91 Å². The molecule has 5 nitrogen and oxygen atoms in total. The number of rotatable bonds is 7. The minimum atomic E-state index is -0.324. The van der Waals surface area contributed by atoms with E-state index in [1.807, 2.05) is 31.2 Å². The summed E-state index contributed by atoms with van der Waals surface area (Å²) in [6.45, 7) is 1.75. The average molecular weight is 395 g/mol. The van der Waals surface area contributed by atoms with Gasteiger partial charge in [-0.1, -0.05) is 48.3 Å². The number of nitrogens with one attached hydrogen (secondary N) is 1. The Morgan fingerprint density at radius 3 is 2.54 bits per heavy atom. The first-order valence-corrected chi connectivity index (χ1v) is 8.86. The Kier molecular flexibility index (Phi) is 7.30. The van der Waals surface area contributed by atoms with Gasteiger partial charge in [-0.15, -0.1) is 0 Å². The fourth-order valence-electron chi connectivity index (χ4n) is 2.27. The molecule has 0 aliphatic carbocycles. The molecular weight excluding hydrogens is 375 g/mol. The second kappa shape index (κ2) is 9.46. The van der Waals surface area contributed by atoms with Gasteiger partial charge in [0, 0.05) is 18.8 Å². The van der Waals surface area contributed by atoms with Gasteiger partial charge in [0.2, 0.25) is 5.91 Å². The van der Waals surface area contributed by atoms with E-state index in [9.17, 15) is 9.59 Å². The van der Waals surface area contributed by atoms with Crippen LogP contribution in [0, 0.1) is 0 Å². The van der Waals surface area contributed by atoms with E-state index in [0.717, 1.165) is 17.7 Å². The molecule has 138 valence electrons. The van der Waals surface area contributed by atoms with Crippen LogP contribution in [0.25, 0.3) is 0 Å². The van der Waals surface area contributed by atoms with Crippen LogP contribution in [0.5, 0.6) is 5.75 Å². The second-order valence-electron chi connectivity index (χ2n) is 5.67. The average Bonchev–Trinajstić information content (AvgIpc) is 2.62. The predicted octanol–water partition coefficient (Wildman–Crippen LogP) is 4.03. The lowest BCUT2D eigenvalue weighted by Crippen LogP contribution is -2.37. The van der Waals surface area contributed by atoms with Crippen LogP contribution in [0.15, 0.2) is 42.5 Å². The summed E-state index contributed by atoms with van der Waals surface area (Å²) in [5, 5.41) is 3.58. The molecule has 1 N–H and O–H groups in total. The Hall–Kier alpha value is -2.24. The number of halogens is 2. The van der Waals surface area contributed by atoms with E-state index in [0.29, 0.717) is 15.8 Å². The number of anilines is 1. The van der Waals surface area contributed by atoms with Gasteiger partial charge >= 0.3 is 0 Å². The molecule has 0 aliphatic rings. The lowest BCUT2D eigenvalue weighted by atomic mass is 10.1. The highest BCUT2D eigenvalue weighted by atomic mass is 35.5. The van der Waals surface area contributed by atoms with Crippen molar-refractivity contribution in [2.75, 3.05) is 25.5 Å². The van der Waals surface area contributed by atoms with Crippen molar-refractivity contribution in [2.45, 2.75) is 13.3 Å². The minimum Gasteiger partial charge on any atom is -0.484 e. The third-order valence-corrected chi connectivity index (χ3v) is 4.47. The highest BCUT2D eigenvalue weighted by Crippen LogP contribution is 2.26. The van der Waals surface area contributed by atoms with Gasteiger partial charge in [-0.3, -0.25) is 9.59 Å². The number of aryl methyl sites for hydroxylation is 1. The lowest BCUT2D eigenvalue weighted by molar-refractivity contribution is -0.135. The van der Waals surface area contributed by atoms with Gasteiger partial charge in [0.05, 0.1) is 16.6 Å². The number of nitrogens with zero attached hydrogens (tertiary/aromatic N) is 1. The topological polar surface area (TPSA) is 58.6 Å². The van der Waals surface area contributed by atoms with Crippen LogP contribution >= 0.6 is 23.2 Å². The molecule has 7 heteroatoms. The summed E-state index contributed by atoms with van der Waals surface area (Å²) < 4.78 is 5.40. The van der Waals surface area contributed by atoms with Crippen molar-refractivity contribution >= 4 is 40.7 Å². The SMILES string of the molecule is CCc1ccccc1NC(=O)CN(C)C(=O)COc1ccc(Cl)c(Cl)c1. The fraction of sp³-hybridized carbons (Fsp3) is 0.263. The van der Waals surface area contributed by atoms with Crippen LogP contribution in [0.2, 0.25) is 10.0 Å². The number of carbonyl (C=O) groups excluding carboxylic acids is 2. The first kappa shape index (κ1) is 20.1. The molecule has 0 heterocycles. The maximum absolute atomic E-state index is 12.2. The smallest absolute Gasteiger partial charge is 0.260 e. The monoisotopic (exact) mass is 394 g/mol. The van der Waals surface area contributed by atoms with Crippen LogP contribution in [-0.2, 0) is 16.0 Å². The molecule has 0 saturated carbocycles. The van der Waals surface area contributed by atoms with Crippen molar-refractivity contribution in [3.8, 4) is 5.75 Å². The largest absolute Gasteiger partial charge is 0.484 e. The van der Waals surface area contributed by atoms with E-state index < -0.39 is 0 Å². The van der Waals surface area contributed by atoms with Crippen molar-refractivity contribution in [3.05, 3.63) is 58.1 Å². The van der Waals surface area contributed by atoms with Gasteiger partial charge in [0.1, 0.15) is 5.75 Å². The van der Waals surface area contributed by atoms with Crippen molar-refractivity contribution in [1.82, 2.24) is 4.90 Å². The number of hydrogen-bond donors (Lipinski definition) is 1. The standard InChI is InChI=1S/C19H20Cl2N2O3/c1-3-13-6-4-5-7-17(13)22-18(24)11-23(2)19(25)12-26-14-8-9-15(20)16(21)10-14/h4-10H,3,11-12H2,1-2H3,(H,22,24). The summed E-state index contributed by atoms with van der Waals surface area (Å²) in [5.74, 6) is -0.159. The molecule has 0 saturated heterocycles. The Morgan fingerprint density at radius 2 is 1.85 bits per heavy atom. The molecular formula is C19H20Cl2N2O3. The number of likely N-dealkylation sites (N-methyl/N-ethyl adjacent to an activating group) is 1. The van der Waals surface area contributed by atoms with E-state index in [2.05, 4.69) is 5.32 Å². The Bertz CT molecular complexity index is 796. The molecule has 26 heavy (non-hydrogen) atoms. The summed E-state index contributed by atoms with van der Waals surface area (Å²) in [6, 6.07) is 12.3. The molecule has 0 aliphatic heterocycles. The molecule has 0 bridgehead atoms. The number of hydrogen-bond acceptors (Lipinski definition) is 3. The molecule has 0 fully saturated rings. The van der Waals surface area contributed by atoms with Crippen molar-refractivity contribution < 1.29 is 14.3 Å². The van der Waals surface area contributed by atoms with Crippen LogP contribution in [0.4, 0.5) is 5.69 Å². The first-order chi connectivity index (χ1) is 12.4. The summed E-state index contributed by atoms with van der Waals surface area (Å²) in [4.78, 5) is 25.6. The second-order valence-corrected chi connectivity index (χ2v) is 6.49. The molecule has 0 aromatic heterocycles. The highest BCUT2D eigenvalue weighted by molar-refractivity contribution is 6.42. The van der Waals surface area contributed by atoms with Gasteiger partial charge in [-0.2, -0.15) is 0 Å². The molecule has 2 aromatic carbocycles. The Labute approximate surface area is 162 Å². The van der Waals surface area contributed by atoms with Crippen molar-refractivity contribution in [2.24, 2.45) is 0 Å². The third-order valence-electron chi connectivity index (χ3n) is 3.73. The summed E-state index contributed by atoms with van der Waals surface area (Å²) in [5.41, 5.74) is 1.80. The van der Waals surface area contributed by atoms with Crippen LogP contribution in [0.3, 0.4) is 0 Å². The molecule has 2 amide bonds. The molecule has 0 unspecified atom stereocenters. The van der Waals surface area contributed by atoms with Crippen LogP contribution in [-0.4, -0.2) is 36.9 Å². The van der Waals surface area contributed by atoms with Crippen LogP contribution in [0.1, 0.15) is 12.5 Å². The number of carbonyl (C=O) groups is 2. The van der Waals surface area contributed by atoms with E-state index in [-0.39, 0.29) is 25.0 Å². The van der Waals surface area contributed by atoms with E-state index >= 15 is 0 Å². The molecule has 2 aromatic rings. The lowest BCUT2D eigenvalue weighted by Gasteiger charge is -2.18. The van der Waals surface area contributed by atoms with Crippen molar-refractivity contribution in [1.29, 1.82) is 0 Å². The Balaban J connectivity index is 1.85. The minimum absolute atomic E-state index is 0.0678. The quantitative estimate of drug-likeness (QED) is 0.770. The number of ether oxygens (including phenoxy) is 1. The molecule has 0 radical (unpaired) electrons. The maximum Gasteiger partial charge on any atom is 0.260 e. The van der Waals surface area contributed by atoms with E-state index in [1.165, 1.54) is 11.0 Å². The molecule has 0 spiro atoms. The summed E-state index contributed by atoms with van der Waals surface area (Å²) in [7, 11) is 1.55. The zero-order valence-electron chi connectivity index (χ0n) is 14.6. The van der Waals surface area contributed by atoms with Gasteiger partial charge in [0.15, 0.2) is 6.61 Å². The highest BCUT2D eigenvalue weighted by Gasteiger charge is 2.15. The molecule has 0 atom stereocenters. The zero-order valence-corrected chi connectivity index (χ0v) is 16.1. The Morgan fingerprint density at radius 1 is 1.12 bits per heavy atom. The van der Waals surface area contributed by atoms with Gasteiger partial charge < -0.3 is 15.0 Å². The predicted molar refractivity (Wildman–Crippen MR) is 104 cm³/mol. The fourth-order valence-corrected chi connectivity index (χ4v) is 2.55. The number of benzene rings is 2. The van der Waals surface area contributed by atoms with E-state index in [1.54, 1.807) is 19.2 Å². The van der Waals surface area contributed by atoms with Gasteiger partial charge in [-0.25, -0.2) is 0 Å². The number of para-hydroxylation sites is 1. The summed E-state index contributed by atoms with van der Waals surface area (Å²) in [6.07, 6.45) is 0.808. The third kappa shape index (κ3) is 5.64. The normalized spacial score (nSPS) is 10.3. The van der Waals surface area contributed by atoms with Crippen molar-refractivity contribution in [3.63, 3.8) is 0 Å². The van der Waals surface area contributed by atoms with Crippen LogP contribution < -0.4 is 10.1 Å². The summed E-state index contributed by atoms with van der Waals surface area (Å²) >= 11 is 11.7. The number of amides is 2. The molecule has 2 rings (SSSR count). The zero-order chi connectivity index (χ0) is 19.1. The van der Waals surface area contributed by atoms with E-state index in [4.69, 9.17) is 27.9 Å². The maximum atomic E-state index is 12.2. The van der Waals surface area contributed by atoms with Gasteiger partial charge in [-0.05, 0) is 30.2 Å².